The Morgan fingerprint density at radius 1 is 0.730 bits per heavy atom. The molecule has 6 fully saturated rings. The lowest BCUT2D eigenvalue weighted by Crippen LogP contribution is -2.57. The lowest BCUT2D eigenvalue weighted by molar-refractivity contribution is -0.272. The fourth-order valence-electron chi connectivity index (χ4n) is 14.0. The van der Waals surface area contributed by atoms with E-state index in [4.69, 9.17) is 38.5 Å². The Balaban J connectivity index is 1.01. The van der Waals surface area contributed by atoms with Crippen LogP contribution in [0.4, 0.5) is 11.4 Å². The second-order valence-electron chi connectivity index (χ2n) is 22.3. The first-order chi connectivity index (χ1) is 35.4. The molecule has 13 atom stereocenters. The van der Waals surface area contributed by atoms with Crippen LogP contribution in [0.15, 0.2) is 58.8 Å². The first kappa shape index (κ1) is 52.8. The predicted molar refractivity (Wildman–Crippen MR) is 270 cm³/mol. The van der Waals surface area contributed by atoms with Crippen LogP contribution in [0, 0.1) is 52.3 Å². The molecule has 4 amide bonds. The standard InChI is InChI=1S/C55H72N6O13/c1-31-17-22-55(70-28-31)32(2)50-44(74-55)25-42-49-41(19-21-54(42,50)6)53(5)20-18-38-23-35(53)24-43(49)59-72-30-48(65)61(34(4)52(67)69-8)27-46(63)57-37-11-15-40(16-12-37)73-39-13-9-36(10-14-39)56-45(62)26-60(33(3)51(66)68-7)47(64)29-71-58-38/h9-16,31-35,41-42,44,49-50H,17-30H2,1-8H3,(H,56,62)(H,57,63)/b58-38-,59-43+/t31-,32+,33+,34+,35+,41+,42+,44+,49-,50+,53+,54+,55-/m1/s1. The van der Waals surface area contributed by atoms with Crippen LogP contribution in [0.3, 0.4) is 0 Å². The van der Waals surface area contributed by atoms with Gasteiger partial charge in [-0.25, -0.2) is 9.59 Å². The van der Waals surface area contributed by atoms with Crippen molar-refractivity contribution in [2.24, 2.45) is 62.6 Å². The van der Waals surface area contributed by atoms with Gasteiger partial charge in [-0.1, -0.05) is 38.0 Å². The SMILES string of the molecule is COC(=O)[C@H](C)N1CC(=O)Nc2ccc(cc2)Oc2ccc(cc2)NC(=O)CN([C@@H](C)C(=O)OC)C(=O)CO/N=C2\C[C@@H]3C/C(=N\OCC1=O)CC[C@]3(C)[C@H]1CC[C@]3(C)[C@@H]4[C@H](C[C@H]3[C@H]21)O[C@]1(CC[C@@H](C)CO1)[C@H]4C. The number of fused-ring (bicyclic) bond motifs is 8. The van der Waals surface area contributed by atoms with Crippen molar-refractivity contribution in [3.05, 3.63) is 48.5 Å². The third kappa shape index (κ3) is 10.2. The Bertz CT molecular complexity index is 2530. The van der Waals surface area contributed by atoms with E-state index in [2.05, 4.69) is 43.5 Å². The molecule has 0 aromatic heterocycles. The summed E-state index contributed by atoms with van der Waals surface area (Å²) in [6.45, 7) is 11.1. The highest BCUT2D eigenvalue weighted by Crippen LogP contribution is 2.71. The lowest BCUT2D eigenvalue weighted by atomic mass is 9.44. The molecule has 2 aromatic rings. The molecule has 11 rings (SSSR count). The van der Waals surface area contributed by atoms with E-state index in [0.29, 0.717) is 60.6 Å². The van der Waals surface area contributed by atoms with Gasteiger partial charge in [-0.05, 0) is 154 Å². The van der Waals surface area contributed by atoms with Gasteiger partial charge in [-0.2, -0.15) is 0 Å². The summed E-state index contributed by atoms with van der Waals surface area (Å²) in [5.74, 6) is -1.90. The molecule has 1 spiro atoms. The topological polar surface area (TPSA) is 222 Å². The monoisotopic (exact) mass is 1020 g/mol. The van der Waals surface area contributed by atoms with E-state index < -0.39 is 79.7 Å². The summed E-state index contributed by atoms with van der Waals surface area (Å²) in [5, 5.41) is 15.0. The summed E-state index contributed by atoms with van der Waals surface area (Å²) in [4.78, 5) is 94.7. The van der Waals surface area contributed by atoms with Gasteiger partial charge in [-0.15, -0.1) is 0 Å². The molecule has 0 radical (unpaired) electrons. The first-order valence-electron chi connectivity index (χ1n) is 26.3. The molecule has 4 saturated carbocycles. The van der Waals surface area contributed by atoms with Crippen molar-refractivity contribution in [1.29, 1.82) is 0 Å². The fourth-order valence-corrected chi connectivity index (χ4v) is 14.0. The van der Waals surface area contributed by atoms with Gasteiger partial charge in [0.1, 0.15) is 36.7 Å². The van der Waals surface area contributed by atoms with Crippen LogP contribution in [-0.2, 0) is 57.4 Å². The first-order valence-corrected chi connectivity index (χ1v) is 26.3. The maximum atomic E-state index is 14.2. The summed E-state index contributed by atoms with van der Waals surface area (Å²) in [7, 11) is 2.44. The summed E-state index contributed by atoms with van der Waals surface area (Å²) in [5.41, 5.74) is 2.29. The summed E-state index contributed by atoms with van der Waals surface area (Å²) >= 11 is 0. The van der Waals surface area contributed by atoms with Crippen LogP contribution in [0.2, 0.25) is 0 Å². The molecule has 19 heteroatoms. The van der Waals surface area contributed by atoms with Gasteiger partial charge < -0.3 is 53.8 Å². The van der Waals surface area contributed by atoms with Crippen LogP contribution >= 0.6 is 0 Å². The summed E-state index contributed by atoms with van der Waals surface area (Å²) in [6.07, 6.45) is 7.42. The van der Waals surface area contributed by atoms with Crippen LogP contribution in [0.25, 0.3) is 0 Å². The lowest BCUT2D eigenvalue weighted by Gasteiger charge is -2.60. The average molecular weight is 1030 g/mol. The number of rotatable bonds is 4. The average Bonchev–Trinajstić information content (AvgIpc) is 3.84. The molecule has 2 aromatic carbocycles. The Kier molecular flexibility index (Phi) is 15.2. The highest BCUT2D eigenvalue weighted by molar-refractivity contribution is 5.97. The molecule has 5 heterocycles. The minimum atomic E-state index is -1.12. The van der Waals surface area contributed by atoms with Crippen molar-refractivity contribution in [2.75, 3.05) is 57.8 Å². The third-order valence-electron chi connectivity index (χ3n) is 18.1. The predicted octanol–water partition coefficient (Wildman–Crippen LogP) is 6.95. The molecule has 2 saturated heterocycles. The number of anilines is 2. The molecule has 2 N–H and O–H groups in total. The zero-order valence-corrected chi connectivity index (χ0v) is 43.9. The number of hydrogen-bond donors (Lipinski definition) is 2. The minimum absolute atomic E-state index is 0.0305. The molecular formula is C55H72N6O13. The Labute approximate surface area is 432 Å². The van der Waals surface area contributed by atoms with Crippen LogP contribution in [-0.4, -0.2) is 128 Å². The smallest absolute Gasteiger partial charge is 0.328 e. The molecule has 400 valence electrons. The largest absolute Gasteiger partial charge is 0.467 e. The molecule has 74 heavy (non-hydrogen) atoms. The van der Waals surface area contributed by atoms with Crippen molar-refractivity contribution < 1.29 is 62.1 Å². The van der Waals surface area contributed by atoms with Crippen molar-refractivity contribution in [3.63, 3.8) is 0 Å². The number of nitrogens with zero attached hydrogens (tertiary/aromatic N) is 4. The zero-order chi connectivity index (χ0) is 52.7. The number of amides is 4. The normalized spacial score (nSPS) is 35.9. The molecule has 5 aliphatic heterocycles. The maximum Gasteiger partial charge on any atom is 0.328 e. The van der Waals surface area contributed by atoms with Crippen LogP contribution < -0.4 is 15.4 Å². The highest BCUT2D eigenvalue weighted by atomic mass is 16.7. The summed E-state index contributed by atoms with van der Waals surface area (Å²) < 4.78 is 29.6. The number of methoxy groups -OCH3 is 2. The van der Waals surface area contributed by atoms with E-state index >= 15 is 0 Å². The van der Waals surface area contributed by atoms with Gasteiger partial charge in [0.2, 0.25) is 11.8 Å². The number of carbonyl (C=O) groups excluding carboxylic acids is 6. The highest BCUT2D eigenvalue weighted by Gasteiger charge is 2.70. The molecule has 7 bridgehead atoms. The van der Waals surface area contributed by atoms with Gasteiger partial charge in [0.05, 0.1) is 38.4 Å². The second-order valence-corrected chi connectivity index (χ2v) is 22.3. The fraction of sp³-hybridized carbons (Fsp3) is 0.636. The molecule has 19 nitrogen and oxygen atoms in total. The minimum Gasteiger partial charge on any atom is -0.467 e. The zero-order valence-electron chi connectivity index (χ0n) is 43.9. The number of benzene rings is 2. The summed E-state index contributed by atoms with van der Waals surface area (Å²) in [6, 6.07) is 10.9. The van der Waals surface area contributed by atoms with Crippen molar-refractivity contribution >= 4 is 58.4 Å². The van der Waals surface area contributed by atoms with E-state index in [1.54, 1.807) is 48.5 Å². The number of ether oxygens (including phenoxy) is 5. The van der Waals surface area contributed by atoms with Crippen LogP contribution in [0.5, 0.6) is 11.5 Å². The number of nitrogens with one attached hydrogen (secondary N) is 2. The van der Waals surface area contributed by atoms with Gasteiger partial charge in [0.15, 0.2) is 19.0 Å². The van der Waals surface area contributed by atoms with Crippen molar-refractivity contribution in [1.82, 2.24) is 9.80 Å². The van der Waals surface area contributed by atoms with E-state index in [-0.39, 0.29) is 46.5 Å². The Morgan fingerprint density at radius 3 is 1.84 bits per heavy atom. The van der Waals surface area contributed by atoms with E-state index in [9.17, 15) is 28.8 Å². The number of carbonyl (C=O) groups is 6. The maximum absolute atomic E-state index is 14.2. The quantitative estimate of drug-likeness (QED) is 0.296. The number of esters is 2. The molecular weight excluding hydrogens is 953 g/mol. The van der Waals surface area contributed by atoms with Gasteiger partial charge in [0, 0.05) is 29.6 Å². The number of hydrogen-bond acceptors (Lipinski definition) is 15. The van der Waals surface area contributed by atoms with E-state index in [1.807, 2.05) is 0 Å². The Hall–Kier alpha value is -6.08. The van der Waals surface area contributed by atoms with Gasteiger partial charge >= 0.3 is 11.9 Å². The van der Waals surface area contributed by atoms with Crippen molar-refractivity contribution in [3.8, 4) is 11.5 Å². The third-order valence-corrected chi connectivity index (χ3v) is 18.1. The van der Waals surface area contributed by atoms with E-state index in [1.165, 1.54) is 28.1 Å². The molecule has 0 unspecified atom stereocenters. The molecule has 4 aliphatic carbocycles. The second kappa shape index (κ2) is 21.3. The number of oxime groups is 2. The van der Waals surface area contributed by atoms with Crippen molar-refractivity contribution in [2.45, 2.75) is 123 Å². The van der Waals surface area contributed by atoms with Gasteiger partial charge in [-0.3, -0.25) is 19.2 Å². The van der Waals surface area contributed by atoms with Crippen LogP contribution in [0.1, 0.15) is 99.3 Å². The Morgan fingerprint density at radius 2 is 1.30 bits per heavy atom. The molecule has 9 aliphatic rings. The van der Waals surface area contributed by atoms with E-state index in [0.717, 1.165) is 59.7 Å². The van der Waals surface area contributed by atoms with Gasteiger partial charge in [0.25, 0.3) is 11.8 Å².